The van der Waals surface area contributed by atoms with Gasteiger partial charge in [-0.25, -0.2) is 37.3 Å². The maximum atomic E-state index is 14.6. The van der Waals surface area contributed by atoms with Crippen molar-refractivity contribution in [3.63, 3.8) is 0 Å². The summed E-state index contributed by atoms with van der Waals surface area (Å²) in [5.74, 6) is -1.82. The second kappa shape index (κ2) is 30.0. The molecule has 5 aliphatic rings. The van der Waals surface area contributed by atoms with E-state index < -0.39 is 47.1 Å². The number of anilines is 4. The molecule has 2 amide bonds. The molecule has 9 rings (SSSR count). The van der Waals surface area contributed by atoms with Crippen molar-refractivity contribution in [2.45, 2.75) is 139 Å². The zero-order valence-corrected chi connectivity index (χ0v) is 54.0. The first-order valence-corrected chi connectivity index (χ1v) is 29.6. The highest BCUT2D eigenvalue weighted by atomic mass is 35.5. The number of allylic oxidation sites excluding steroid dienone is 2. The quantitative estimate of drug-likeness (QED) is 0.0856. The third kappa shape index (κ3) is 17.9. The van der Waals surface area contributed by atoms with Gasteiger partial charge in [0, 0.05) is 54.7 Å². The Morgan fingerprint density at radius 3 is 1.56 bits per heavy atom. The summed E-state index contributed by atoms with van der Waals surface area (Å²) in [5, 5.41) is 9.39. The lowest BCUT2D eigenvalue weighted by Gasteiger charge is -2.36. The van der Waals surface area contributed by atoms with Gasteiger partial charge in [-0.3, -0.25) is 14.6 Å². The van der Waals surface area contributed by atoms with Crippen LogP contribution in [0.1, 0.15) is 90.0 Å². The molecule has 0 aromatic heterocycles. The molecule has 0 radical (unpaired) electrons. The zero-order chi connectivity index (χ0) is 65.4. The van der Waals surface area contributed by atoms with Crippen LogP contribution in [-0.4, -0.2) is 120 Å². The summed E-state index contributed by atoms with van der Waals surface area (Å²) in [6.45, 7) is 25.5. The van der Waals surface area contributed by atoms with Gasteiger partial charge in [0.05, 0.1) is 99.0 Å². The normalized spacial score (nSPS) is 17.7. The molecule has 4 aromatic carbocycles. The number of nitrogens with zero attached hydrogens (tertiary/aromatic N) is 7. The number of benzene rings is 4. The molecule has 5 heterocycles. The second-order valence-electron chi connectivity index (χ2n) is 21.3. The average molecular weight is 1340 g/mol. The molecule has 0 spiro atoms. The SMILES string of the molecule is CC1=CC(=O)N(c2cc(OC(C)C)c(Cl)cc2F)C2=NCC(C)N12.CC1CN2C(C(F)(F)F)=CC(=O)N(c3cc(OC(C)C)c(Cl)cc3F)C2=N1.CC1CN=C(Nc2cc(OC(C)C)c(Cl)cc2F)N1.CCOC(=S)Nc1cc(OC(C)C)c(Cl)cc1F. The number of hydrogen-bond donors (Lipinski definition) is 3. The van der Waals surface area contributed by atoms with Gasteiger partial charge >= 0.3 is 6.18 Å². The first-order chi connectivity index (χ1) is 41.2. The highest BCUT2D eigenvalue weighted by Crippen LogP contribution is 2.41. The van der Waals surface area contributed by atoms with E-state index in [1.165, 1.54) is 41.3 Å². The number of carbonyl (C=O) groups excluding carboxylic acids is 2. The van der Waals surface area contributed by atoms with Crippen molar-refractivity contribution in [2.24, 2.45) is 15.0 Å². The van der Waals surface area contributed by atoms with E-state index in [4.69, 9.17) is 82.3 Å². The zero-order valence-electron chi connectivity index (χ0n) is 50.2. The monoisotopic (exact) mass is 1330 g/mol. The number of nitrogens with one attached hydrogen (secondary N) is 3. The number of fused-ring (bicyclic) bond motifs is 2. The Bertz CT molecular complexity index is 3430. The van der Waals surface area contributed by atoms with Gasteiger partial charge in [0.2, 0.25) is 11.9 Å². The van der Waals surface area contributed by atoms with Gasteiger partial charge in [-0.1, -0.05) is 46.4 Å². The molecular weight excluding hydrogens is 1270 g/mol. The number of alkyl halides is 3. The lowest BCUT2D eigenvalue weighted by atomic mass is 10.2. The minimum Gasteiger partial charge on any atom is -0.489 e. The van der Waals surface area contributed by atoms with Crippen molar-refractivity contribution in [2.75, 3.05) is 46.7 Å². The van der Waals surface area contributed by atoms with Crippen LogP contribution in [0.5, 0.6) is 23.0 Å². The second-order valence-corrected chi connectivity index (χ2v) is 23.3. The summed E-state index contributed by atoms with van der Waals surface area (Å²) in [4.78, 5) is 42.6. The van der Waals surface area contributed by atoms with E-state index in [1.54, 1.807) is 33.8 Å². The van der Waals surface area contributed by atoms with Crippen LogP contribution < -0.4 is 44.7 Å². The van der Waals surface area contributed by atoms with E-state index in [2.05, 4.69) is 30.9 Å². The van der Waals surface area contributed by atoms with Crippen molar-refractivity contribution in [3.8, 4) is 23.0 Å². The van der Waals surface area contributed by atoms with E-state index in [9.17, 15) is 40.3 Å². The molecule has 88 heavy (non-hydrogen) atoms. The van der Waals surface area contributed by atoms with E-state index in [0.29, 0.717) is 60.6 Å². The third-order valence-electron chi connectivity index (χ3n) is 12.2. The largest absolute Gasteiger partial charge is 0.489 e. The third-order valence-corrected chi connectivity index (χ3v) is 13.6. The number of amides is 2. The van der Waals surface area contributed by atoms with Crippen molar-refractivity contribution in [1.29, 1.82) is 0 Å². The minimum atomic E-state index is -4.74. The first kappa shape index (κ1) is 70.2. The number of rotatable bonds is 13. The van der Waals surface area contributed by atoms with Crippen LogP contribution >= 0.6 is 58.6 Å². The van der Waals surface area contributed by atoms with Crippen molar-refractivity contribution >= 4 is 116 Å². The number of ether oxygens (including phenoxy) is 5. The average Bonchev–Trinajstić information content (AvgIpc) is 1.50. The fourth-order valence-corrected chi connectivity index (χ4v) is 9.79. The molecule has 478 valence electrons. The van der Waals surface area contributed by atoms with E-state index in [-0.39, 0.29) is 103 Å². The Morgan fingerprint density at radius 1 is 0.659 bits per heavy atom. The van der Waals surface area contributed by atoms with Gasteiger partial charge in [0.15, 0.2) is 5.96 Å². The fourth-order valence-electron chi connectivity index (χ4n) is 8.79. The van der Waals surface area contributed by atoms with E-state index in [1.807, 2.05) is 67.2 Å². The Balaban J connectivity index is 0.000000190. The number of thiocarbonyl (C=S) groups is 1. The number of guanidine groups is 3. The minimum absolute atomic E-state index is 0.0143. The molecule has 0 aliphatic carbocycles. The molecule has 4 aromatic rings. The van der Waals surface area contributed by atoms with Crippen LogP contribution in [0.25, 0.3) is 0 Å². The maximum absolute atomic E-state index is 14.6. The summed E-state index contributed by atoms with van der Waals surface area (Å²) in [7, 11) is 0. The maximum Gasteiger partial charge on any atom is 0.431 e. The molecule has 0 saturated heterocycles. The van der Waals surface area contributed by atoms with Gasteiger partial charge in [-0.2, -0.15) is 13.2 Å². The Hall–Kier alpha value is -6.93. The van der Waals surface area contributed by atoms with Crippen molar-refractivity contribution < 1.29 is 64.0 Å². The van der Waals surface area contributed by atoms with Crippen LogP contribution in [-0.2, 0) is 14.3 Å². The lowest BCUT2D eigenvalue weighted by Crippen LogP contribution is -2.51. The highest BCUT2D eigenvalue weighted by molar-refractivity contribution is 7.80. The smallest absolute Gasteiger partial charge is 0.431 e. The lowest BCUT2D eigenvalue weighted by molar-refractivity contribution is -0.119. The number of hydrogen-bond acceptors (Lipinski definition) is 15. The van der Waals surface area contributed by atoms with Gasteiger partial charge in [-0.05, 0) is 126 Å². The molecule has 0 saturated carbocycles. The summed E-state index contributed by atoms with van der Waals surface area (Å²) >= 11 is 28.7. The van der Waals surface area contributed by atoms with Crippen LogP contribution in [0.4, 0.5) is 53.5 Å². The van der Waals surface area contributed by atoms with E-state index >= 15 is 0 Å². The van der Waals surface area contributed by atoms with Crippen LogP contribution in [0.15, 0.2) is 87.1 Å². The molecule has 3 N–H and O–H groups in total. The molecule has 3 atom stereocenters. The molecule has 3 unspecified atom stereocenters. The molecule has 0 fully saturated rings. The molecule has 0 bridgehead atoms. The molecule has 29 heteroatoms. The summed E-state index contributed by atoms with van der Waals surface area (Å²) in [5.41, 5.74) is -0.0566. The van der Waals surface area contributed by atoms with Crippen LogP contribution in [0.2, 0.25) is 20.1 Å². The first-order valence-electron chi connectivity index (χ1n) is 27.7. The van der Waals surface area contributed by atoms with Gasteiger partial charge in [0.25, 0.3) is 17.0 Å². The summed E-state index contributed by atoms with van der Waals surface area (Å²) in [6.07, 6.45) is -3.31. The van der Waals surface area contributed by atoms with E-state index in [0.717, 1.165) is 27.6 Å². The fraction of sp³-hybridized carbons (Fsp3) is 0.424. The number of aliphatic imine (C=N–C) groups is 3. The predicted octanol–water partition coefficient (Wildman–Crippen LogP) is 14.7. The Morgan fingerprint density at radius 2 is 1.10 bits per heavy atom. The number of halogens is 11. The summed E-state index contributed by atoms with van der Waals surface area (Å²) in [6, 6.07) is 10.0. The Labute approximate surface area is 531 Å². The van der Waals surface area contributed by atoms with Crippen LogP contribution in [0.3, 0.4) is 0 Å². The molecule has 17 nitrogen and oxygen atoms in total. The standard InChI is InChI=1S/C17H16ClF4N3O2.C17H19ClFN3O2.C13H17ClFN3O.C12H15ClFNO2S/c1-8(2)27-13-5-12(11(19)4-10(13)18)25-15(26)6-14(17(20,21)22)24-7-9(3)23-16(24)25;1-9(2)24-15-7-14(13(19)6-12(15)18)22-16(23)5-10(3)21-11(4)8-20-17(21)22;1-7(2)19-12-5-11(10(15)4-9(12)14)18-13-16-6-8(3)17-13;1-4-16-12(18)15-10-6-11(17-7(2)3)8(13)5-9(10)14/h4-6,8-9H,7H2,1-3H3;5-7,9,11H,8H2,1-4H3;4-5,7-8H,6H2,1-3H3,(H2,16,17,18);5-7H,4H2,1-3H3,(H,15,18). The van der Waals surface area contributed by atoms with Gasteiger partial charge in [-0.15, -0.1) is 0 Å². The number of carbonyl (C=O) groups is 2. The summed E-state index contributed by atoms with van der Waals surface area (Å²) < 4.78 is 124. The van der Waals surface area contributed by atoms with Crippen molar-refractivity contribution in [1.82, 2.24) is 15.1 Å². The Kier molecular flexibility index (Phi) is 24.0. The van der Waals surface area contributed by atoms with Crippen LogP contribution in [0, 0.1) is 23.3 Å². The topological polar surface area (TPSA) is 166 Å². The molecular formula is C59H67Cl4F7N10O7S. The predicted molar refractivity (Wildman–Crippen MR) is 335 cm³/mol. The van der Waals surface area contributed by atoms with Crippen molar-refractivity contribution in [3.05, 3.63) is 115 Å². The highest BCUT2D eigenvalue weighted by Gasteiger charge is 2.48. The van der Waals surface area contributed by atoms with Gasteiger partial charge < -0.3 is 49.4 Å². The molecule has 5 aliphatic heterocycles. The van der Waals surface area contributed by atoms with Gasteiger partial charge in [0.1, 0.15) is 52.0 Å².